The molecule has 0 saturated carbocycles. The van der Waals surface area contributed by atoms with Gasteiger partial charge in [-0.25, -0.2) is 4.79 Å². The van der Waals surface area contributed by atoms with Crippen LogP contribution < -0.4 is 5.63 Å². The highest BCUT2D eigenvalue weighted by Crippen LogP contribution is 2.37. The molecule has 2 aromatic heterocycles. The smallest absolute Gasteiger partial charge is 0.348 e. The van der Waals surface area contributed by atoms with Crippen LogP contribution in [-0.2, 0) is 0 Å². The molecule has 0 radical (unpaired) electrons. The topological polar surface area (TPSA) is 43.4 Å². The minimum Gasteiger partial charge on any atom is -0.460 e. The van der Waals surface area contributed by atoms with Gasteiger partial charge >= 0.3 is 5.63 Å². The number of rotatable bonds is 1. The molecule has 0 amide bonds. The largest absolute Gasteiger partial charge is 0.460 e. The van der Waals surface area contributed by atoms with Crippen LogP contribution in [0.25, 0.3) is 33.1 Å². The molecular formula is C19H14O3. The molecule has 3 heteroatoms. The van der Waals surface area contributed by atoms with E-state index in [1.54, 1.807) is 6.07 Å². The molecule has 3 nitrogen and oxygen atoms in total. The van der Waals surface area contributed by atoms with Crippen molar-refractivity contribution in [3.8, 4) is 11.1 Å². The molecule has 0 N–H and O–H groups in total. The van der Waals surface area contributed by atoms with Crippen LogP contribution in [0.5, 0.6) is 0 Å². The first-order valence-corrected chi connectivity index (χ1v) is 7.18. The minimum absolute atomic E-state index is 0.358. The van der Waals surface area contributed by atoms with E-state index in [1.807, 2.05) is 56.3 Å². The molecule has 0 unspecified atom stereocenters. The van der Waals surface area contributed by atoms with E-state index in [2.05, 4.69) is 0 Å². The number of benzene rings is 2. The molecule has 0 aliphatic heterocycles. The normalized spacial score (nSPS) is 11.4. The fourth-order valence-corrected chi connectivity index (χ4v) is 3.00. The zero-order chi connectivity index (χ0) is 15.3. The van der Waals surface area contributed by atoms with Crippen LogP contribution in [0.4, 0.5) is 0 Å². The van der Waals surface area contributed by atoms with Crippen LogP contribution in [0, 0.1) is 13.8 Å². The van der Waals surface area contributed by atoms with Gasteiger partial charge in [0.25, 0.3) is 0 Å². The van der Waals surface area contributed by atoms with Crippen LogP contribution in [-0.4, -0.2) is 0 Å². The summed E-state index contributed by atoms with van der Waals surface area (Å²) < 4.78 is 11.4. The van der Waals surface area contributed by atoms with Gasteiger partial charge < -0.3 is 8.83 Å². The Morgan fingerprint density at radius 1 is 0.864 bits per heavy atom. The van der Waals surface area contributed by atoms with E-state index in [4.69, 9.17) is 8.83 Å². The first-order valence-electron chi connectivity index (χ1n) is 7.18. The lowest BCUT2D eigenvalue weighted by Crippen LogP contribution is -2.00. The minimum atomic E-state index is -0.358. The van der Waals surface area contributed by atoms with Gasteiger partial charge in [-0.2, -0.15) is 0 Å². The molecule has 0 spiro atoms. The maximum Gasteiger partial charge on any atom is 0.348 e. The van der Waals surface area contributed by atoms with Crippen molar-refractivity contribution in [2.45, 2.75) is 13.8 Å². The van der Waals surface area contributed by atoms with E-state index in [0.29, 0.717) is 16.6 Å². The second-order valence-electron chi connectivity index (χ2n) is 5.44. The average molecular weight is 290 g/mol. The lowest BCUT2D eigenvalue weighted by Gasteiger charge is -2.04. The lowest BCUT2D eigenvalue weighted by atomic mass is 9.98. The molecule has 108 valence electrons. The van der Waals surface area contributed by atoms with Crippen LogP contribution in [0.1, 0.15) is 11.3 Å². The van der Waals surface area contributed by atoms with Crippen LogP contribution in [0.15, 0.2) is 62.2 Å². The van der Waals surface area contributed by atoms with Crippen molar-refractivity contribution in [2.75, 3.05) is 0 Å². The third-order valence-electron chi connectivity index (χ3n) is 4.04. The SMILES string of the molecule is Cc1ccccc1-c1c(C)oc2c1c(=O)oc1ccccc12. The second-order valence-corrected chi connectivity index (χ2v) is 5.44. The molecule has 4 rings (SSSR count). The summed E-state index contributed by atoms with van der Waals surface area (Å²) in [7, 11) is 0. The molecule has 0 fully saturated rings. The molecule has 0 saturated heterocycles. The molecular weight excluding hydrogens is 276 g/mol. The summed E-state index contributed by atoms with van der Waals surface area (Å²) in [5.74, 6) is 0.730. The maximum atomic E-state index is 12.5. The number of hydrogen-bond donors (Lipinski definition) is 0. The number of aryl methyl sites for hydroxylation is 2. The summed E-state index contributed by atoms with van der Waals surface area (Å²) in [6.07, 6.45) is 0. The molecule has 4 aromatic rings. The highest BCUT2D eigenvalue weighted by molar-refractivity contribution is 6.07. The Labute approximate surface area is 126 Å². The number of hydrogen-bond acceptors (Lipinski definition) is 3. The van der Waals surface area contributed by atoms with Gasteiger partial charge in [0.1, 0.15) is 16.7 Å². The van der Waals surface area contributed by atoms with E-state index < -0.39 is 0 Å². The number of furan rings is 1. The maximum absolute atomic E-state index is 12.5. The first kappa shape index (κ1) is 12.9. The summed E-state index contributed by atoms with van der Waals surface area (Å²) in [4.78, 5) is 12.5. The van der Waals surface area contributed by atoms with Gasteiger partial charge in [-0.05, 0) is 37.1 Å². The van der Waals surface area contributed by atoms with Gasteiger partial charge in [0.05, 0.1) is 5.39 Å². The fourth-order valence-electron chi connectivity index (χ4n) is 3.00. The molecule has 0 atom stereocenters. The molecule has 0 aliphatic rings. The van der Waals surface area contributed by atoms with E-state index in [9.17, 15) is 4.79 Å². The van der Waals surface area contributed by atoms with Crippen molar-refractivity contribution in [1.29, 1.82) is 0 Å². The molecule has 0 bridgehead atoms. The van der Waals surface area contributed by atoms with Gasteiger partial charge in [-0.3, -0.25) is 0 Å². The van der Waals surface area contributed by atoms with Crippen molar-refractivity contribution in [1.82, 2.24) is 0 Å². The molecule has 2 heterocycles. The summed E-state index contributed by atoms with van der Waals surface area (Å²) in [6.45, 7) is 3.91. The predicted molar refractivity (Wildman–Crippen MR) is 87.2 cm³/mol. The van der Waals surface area contributed by atoms with Crippen molar-refractivity contribution < 1.29 is 8.83 Å². The number of para-hydroxylation sites is 1. The Balaban J connectivity index is 2.22. The van der Waals surface area contributed by atoms with E-state index in [-0.39, 0.29) is 5.63 Å². The standard InChI is InChI=1S/C19H14O3/c1-11-7-3-4-8-13(11)16-12(2)21-18-14-9-5-6-10-15(14)22-19(20)17(16)18/h3-10H,1-2H3. The quantitative estimate of drug-likeness (QED) is 0.472. The summed E-state index contributed by atoms with van der Waals surface area (Å²) in [5.41, 5.74) is 3.71. The average Bonchev–Trinajstić information content (AvgIpc) is 2.86. The van der Waals surface area contributed by atoms with Crippen LogP contribution >= 0.6 is 0 Å². The highest BCUT2D eigenvalue weighted by Gasteiger charge is 2.20. The van der Waals surface area contributed by atoms with E-state index >= 15 is 0 Å². The second kappa shape index (κ2) is 4.60. The Morgan fingerprint density at radius 3 is 2.41 bits per heavy atom. The monoisotopic (exact) mass is 290 g/mol. The first-order chi connectivity index (χ1) is 10.7. The fraction of sp³-hybridized carbons (Fsp3) is 0.105. The van der Waals surface area contributed by atoms with E-state index in [1.165, 1.54) is 0 Å². The summed E-state index contributed by atoms with van der Waals surface area (Å²) >= 11 is 0. The summed E-state index contributed by atoms with van der Waals surface area (Å²) in [5, 5.41) is 1.34. The van der Waals surface area contributed by atoms with Crippen molar-refractivity contribution >= 4 is 21.9 Å². The van der Waals surface area contributed by atoms with Gasteiger partial charge in [0, 0.05) is 5.56 Å². The Morgan fingerprint density at radius 2 is 1.59 bits per heavy atom. The predicted octanol–water partition coefficient (Wildman–Crippen LogP) is 4.82. The van der Waals surface area contributed by atoms with Crippen molar-refractivity contribution in [3.63, 3.8) is 0 Å². The molecule has 22 heavy (non-hydrogen) atoms. The van der Waals surface area contributed by atoms with Gasteiger partial charge in [0.2, 0.25) is 0 Å². The van der Waals surface area contributed by atoms with E-state index in [0.717, 1.165) is 27.8 Å². The van der Waals surface area contributed by atoms with Crippen LogP contribution in [0.2, 0.25) is 0 Å². The number of fused-ring (bicyclic) bond motifs is 3. The Bertz CT molecular complexity index is 1070. The van der Waals surface area contributed by atoms with Gasteiger partial charge in [0.15, 0.2) is 5.58 Å². The summed E-state index contributed by atoms with van der Waals surface area (Å²) in [6, 6.07) is 15.4. The highest BCUT2D eigenvalue weighted by atomic mass is 16.4. The lowest BCUT2D eigenvalue weighted by molar-refractivity contribution is 0.559. The molecule has 2 aromatic carbocycles. The zero-order valence-corrected chi connectivity index (χ0v) is 12.3. The molecule has 0 aliphatic carbocycles. The zero-order valence-electron chi connectivity index (χ0n) is 12.3. The van der Waals surface area contributed by atoms with Gasteiger partial charge in [-0.1, -0.05) is 36.4 Å². The van der Waals surface area contributed by atoms with Gasteiger partial charge in [-0.15, -0.1) is 0 Å². The van der Waals surface area contributed by atoms with Crippen molar-refractivity contribution in [2.24, 2.45) is 0 Å². The Kier molecular flexibility index (Phi) is 2.70. The third-order valence-corrected chi connectivity index (χ3v) is 4.04. The van der Waals surface area contributed by atoms with Crippen molar-refractivity contribution in [3.05, 3.63) is 70.3 Å². The third kappa shape index (κ3) is 1.72. The van der Waals surface area contributed by atoms with Crippen LogP contribution in [0.3, 0.4) is 0 Å². The Hall–Kier alpha value is -2.81.